The maximum atomic E-state index is 15.5. The Bertz CT molecular complexity index is 1070. The molecule has 3 aromatic carbocycles. The van der Waals surface area contributed by atoms with Gasteiger partial charge in [0.05, 0.1) is 26.4 Å². The molecule has 3 aromatic rings. The Morgan fingerprint density at radius 1 is 0.730 bits per heavy atom. The first-order valence-corrected chi connectivity index (χ1v) is 12.6. The lowest BCUT2D eigenvalue weighted by molar-refractivity contribution is -0.292. The van der Waals surface area contributed by atoms with E-state index in [1.807, 2.05) is 91.0 Å². The molecule has 0 unspecified atom stereocenters. The summed E-state index contributed by atoms with van der Waals surface area (Å²) in [6.07, 6.45) is -5.88. The number of ether oxygens (including phenoxy) is 5. The summed E-state index contributed by atoms with van der Waals surface area (Å²) in [5.74, 6) is -1.04. The predicted molar refractivity (Wildman–Crippen MR) is 137 cm³/mol. The molecule has 1 fully saturated rings. The van der Waals surface area contributed by atoms with Gasteiger partial charge in [0, 0.05) is 0 Å². The van der Waals surface area contributed by atoms with E-state index in [9.17, 15) is 4.79 Å². The molecule has 0 spiro atoms. The van der Waals surface area contributed by atoms with Crippen LogP contribution in [0.2, 0.25) is 0 Å². The zero-order chi connectivity index (χ0) is 25.9. The second-order valence-electron chi connectivity index (χ2n) is 8.64. The molecule has 37 heavy (non-hydrogen) atoms. The molecule has 0 aliphatic carbocycles. The van der Waals surface area contributed by atoms with Crippen LogP contribution >= 0.6 is 11.6 Å². The maximum absolute atomic E-state index is 15.5. The van der Waals surface area contributed by atoms with Gasteiger partial charge in [0.15, 0.2) is 6.10 Å². The third kappa shape index (κ3) is 8.09. The molecule has 0 bridgehead atoms. The van der Waals surface area contributed by atoms with E-state index in [1.54, 1.807) is 0 Å². The number of carbonyl (C=O) groups excluding carboxylic acids is 1. The fraction of sp³-hybridized carbons (Fsp3) is 0.345. The van der Waals surface area contributed by atoms with Crippen molar-refractivity contribution in [1.82, 2.24) is 0 Å². The number of hydrogen-bond acceptors (Lipinski definition) is 6. The Balaban J connectivity index is 1.52. The molecule has 5 atom stereocenters. The average molecular weight is 529 g/mol. The number of rotatable bonds is 12. The van der Waals surface area contributed by atoms with Gasteiger partial charge >= 0.3 is 5.97 Å². The Labute approximate surface area is 221 Å². The first kappa shape index (κ1) is 27.2. The third-order valence-corrected chi connectivity index (χ3v) is 6.14. The van der Waals surface area contributed by atoms with E-state index in [2.05, 4.69) is 0 Å². The SMILES string of the molecule is O=C(CCl)O[C@@H]1[C@H](OCc2ccccc2)[C@@H](OCc2ccccc2)[C@@H](F)O[C@@H]1COCc1ccccc1. The van der Waals surface area contributed by atoms with Crippen molar-refractivity contribution in [2.75, 3.05) is 12.5 Å². The van der Waals surface area contributed by atoms with Crippen LogP contribution in [-0.2, 0) is 48.3 Å². The van der Waals surface area contributed by atoms with Crippen LogP contribution < -0.4 is 0 Å². The van der Waals surface area contributed by atoms with Gasteiger partial charge in [-0.05, 0) is 16.7 Å². The molecular weight excluding hydrogens is 499 g/mol. The molecule has 1 aliphatic heterocycles. The molecule has 0 aromatic heterocycles. The largest absolute Gasteiger partial charge is 0.456 e. The van der Waals surface area contributed by atoms with Gasteiger partial charge in [0.1, 0.15) is 24.2 Å². The summed E-state index contributed by atoms with van der Waals surface area (Å²) < 4.78 is 44.7. The zero-order valence-corrected chi connectivity index (χ0v) is 21.0. The van der Waals surface area contributed by atoms with Gasteiger partial charge in [-0.25, -0.2) is 4.39 Å². The van der Waals surface area contributed by atoms with Crippen LogP contribution in [0.25, 0.3) is 0 Å². The monoisotopic (exact) mass is 528 g/mol. The molecule has 0 N–H and O–H groups in total. The number of benzene rings is 3. The van der Waals surface area contributed by atoms with E-state index >= 15 is 4.39 Å². The lowest BCUT2D eigenvalue weighted by Crippen LogP contribution is -2.60. The van der Waals surface area contributed by atoms with Crippen LogP contribution in [0.1, 0.15) is 16.7 Å². The Morgan fingerprint density at radius 3 is 1.73 bits per heavy atom. The van der Waals surface area contributed by atoms with E-state index in [1.165, 1.54) is 0 Å². The highest BCUT2D eigenvalue weighted by Gasteiger charge is 2.50. The van der Waals surface area contributed by atoms with Crippen LogP contribution in [0, 0.1) is 0 Å². The number of esters is 1. The van der Waals surface area contributed by atoms with Crippen LogP contribution in [0.3, 0.4) is 0 Å². The summed E-state index contributed by atoms with van der Waals surface area (Å²) in [6.45, 7) is 0.561. The number of carbonyl (C=O) groups is 1. The molecule has 4 rings (SSSR count). The highest BCUT2D eigenvalue weighted by atomic mass is 35.5. The zero-order valence-electron chi connectivity index (χ0n) is 20.3. The minimum Gasteiger partial charge on any atom is -0.456 e. The van der Waals surface area contributed by atoms with Crippen LogP contribution in [0.4, 0.5) is 4.39 Å². The highest BCUT2D eigenvalue weighted by Crippen LogP contribution is 2.31. The third-order valence-electron chi connectivity index (χ3n) is 5.92. The maximum Gasteiger partial charge on any atom is 0.321 e. The summed E-state index contributed by atoms with van der Waals surface area (Å²) >= 11 is 5.74. The number of alkyl halides is 2. The fourth-order valence-electron chi connectivity index (χ4n) is 4.09. The van der Waals surface area contributed by atoms with Gasteiger partial charge < -0.3 is 23.7 Å². The van der Waals surface area contributed by atoms with Crippen molar-refractivity contribution in [2.24, 2.45) is 0 Å². The number of halogens is 2. The molecule has 8 heteroatoms. The topological polar surface area (TPSA) is 63.2 Å². The van der Waals surface area contributed by atoms with Gasteiger partial charge in [0.25, 0.3) is 0 Å². The molecule has 1 saturated heterocycles. The van der Waals surface area contributed by atoms with Crippen molar-refractivity contribution in [2.45, 2.75) is 50.6 Å². The van der Waals surface area contributed by atoms with Crippen molar-refractivity contribution >= 4 is 17.6 Å². The van der Waals surface area contributed by atoms with Gasteiger partial charge in [-0.3, -0.25) is 4.79 Å². The first-order chi connectivity index (χ1) is 18.1. The van der Waals surface area contributed by atoms with Gasteiger partial charge in [-0.15, -0.1) is 11.6 Å². The summed E-state index contributed by atoms with van der Waals surface area (Å²) in [7, 11) is 0. The second kappa shape index (κ2) is 14.2. The molecule has 196 valence electrons. The average Bonchev–Trinajstić information content (AvgIpc) is 2.94. The Morgan fingerprint density at radius 2 is 1.22 bits per heavy atom. The van der Waals surface area contributed by atoms with Gasteiger partial charge in [-0.2, -0.15) is 0 Å². The first-order valence-electron chi connectivity index (χ1n) is 12.1. The smallest absolute Gasteiger partial charge is 0.321 e. The van der Waals surface area contributed by atoms with Crippen molar-refractivity contribution in [3.8, 4) is 0 Å². The summed E-state index contributed by atoms with van der Waals surface area (Å²) in [4.78, 5) is 12.3. The van der Waals surface area contributed by atoms with Crippen molar-refractivity contribution in [1.29, 1.82) is 0 Å². The van der Waals surface area contributed by atoms with E-state index in [0.29, 0.717) is 0 Å². The number of hydrogen-bond donors (Lipinski definition) is 0. The molecule has 0 radical (unpaired) electrons. The van der Waals surface area contributed by atoms with Gasteiger partial charge in [-0.1, -0.05) is 91.0 Å². The summed E-state index contributed by atoms with van der Waals surface area (Å²) in [6, 6.07) is 28.4. The quantitative estimate of drug-likeness (QED) is 0.237. The second-order valence-corrected chi connectivity index (χ2v) is 8.90. The van der Waals surface area contributed by atoms with E-state index in [4.69, 9.17) is 35.3 Å². The lowest BCUT2D eigenvalue weighted by Gasteiger charge is -2.43. The Kier molecular flexibility index (Phi) is 10.5. The molecular formula is C29H30ClFO6. The normalized spacial score (nSPS) is 23.5. The molecule has 1 heterocycles. The molecule has 6 nitrogen and oxygen atoms in total. The fourth-order valence-corrected chi connectivity index (χ4v) is 4.15. The van der Waals surface area contributed by atoms with Crippen LogP contribution in [0.5, 0.6) is 0 Å². The highest BCUT2D eigenvalue weighted by molar-refractivity contribution is 6.26. The van der Waals surface area contributed by atoms with Crippen molar-refractivity contribution in [3.05, 3.63) is 108 Å². The minimum absolute atomic E-state index is 0.0217. The van der Waals surface area contributed by atoms with Crippen molar-refractivity contribution < 1.29 is 32.9 Å². The van der Waals surface area contributed by atoms with Crippen LogP contribution in [0.15, 0.2) is 91.0 Å². The van der Waals surface area contributed by atoms with Crippen molar-refractivity contribution in [3.63, 3.8) is 0 Å². The summed E-state index contributed by atoms with van der Waals surface area (Å²) in [5, 5.41) is 0. The predicted octanol–water partition coefficient (Wildman–Crippen LogP) is 5.22. The van der Waals surface area contributed by atoms with Gasteiger partial charge in [0.2, 0.25) is 6.36 Å². The standard InChI is InChI=1S/C29H30ClFO6/c30-16-25(32)37-26-24(20-33-17-21-10-4-1-5-11-21)36-29(31)28(35-19-23-14-8-3-9-15-23)27(26)34-18-22-12-6-2-7-13-22/h1-15,24,26-29H,16-20H2/t24-,26+,27+,28-,29+/m1/s1. The molecule has 0 saturated carbocycles. The van der Waals surface area contributed by atoms with Crippen LogP contribution in [-0.4, -0.2) is 49.2 Å². The molecule has 1 aliphatic rings. The van der Waals surface area contributed by atoms with E-state index in [0.717, 1.165) is 16.7 Å². The van der Waals surface area contributed by atoms with E-state index < -0.39 is 36.7 Å². The minimum atomic E-state index is -1.83. The Hall–Kier alpha value is -2.81. The van der Waals surface area contributed by atoms with E-state index in [-0.39, 0.29) is 32.3 Å². The lowest BCUT2D eigenvalue weighted by atomic mass is 9.98. The summed E-state index contributed by atoms with van der Waals surface area (Å²) in [5.41, 5.74) is 2.69. The molecule has 0 amide bonds.